The minimum Gasteiger partial charge on any atom is -0.330 e. The van der Waals surface area contributed by atoms with Gasteiger partial charge >= 0.3 is 0 Å². The van der Waals surface area contributed by atoms with E-state index < -0.39 is 0 Å². The van der Waals surface area contributed by atoms with Gasteiger partial charge in [-0.25, -0.2) is 0 Å². The Bertz CT molecular complexity index is 2250. The topological polar surface area (TPSA) is 30.2 Å². The number of allylic oxidation sites excluding steroid dienone is 2. The maximum Gasteiger partial charge on any atom is 0.259 e. The van der Waals surface area contributed by atoms with Gasteiger partial charge in [-0.3, -0.25) is 9.36 Å². The molecule has 5 aromatic carbocycles. The lowest BCUT2D eigenvalue weighted by molar-refractivity contribution is 0.519. The van der Waals surface area contributed by atoms with E-state index in [4.69, 9.17) is 0 Å². The Morgan fingerprint density at radius 1 is 0.512 bits per heavy atom. The van der Waals surface area contributed by atoms with Gasteiger partial charge in [0.2, 0.25) is 0 Å². The summed E-state index contributed by atoms with van der Waals surface area (Å²) in [7, 11) is 0. The molecular weight excluding hydrogens is 502 g/mol. The molecular formula is C37H25N3O. The third-order valence-electron chi connectivity index (χ3n) is 8.79. The van der Waals surface area contributed by atoms with Crippen molar-refractivity contribution in [3.8, 4) is 5.69 Å². The molecule has 0 bridgehead atoms. The average Bonchev–Trinajstić information content (AvgIpc) is 3.37. The van der Waals surface area contributed by atoms with Crippen LogP contribution in [0.15, 0.2) is 144 Å². The van der Waals surface area contributed by atoms with E-state index in [1.54, 1.807) is 0 Å². The van der Waals surface area contributed by atoms with Crippen molar-refractivity contribution in [2.24, 2.45) is 0 Å². The van der Waals surface area contributed by atoms with Crippen molar-refractivity contribution >= 4 is 54.9 Å². The van der Waals surface area contributed by atoms with Crippen molar-refractivity contribution in [1.82, 2.24) is 9.13 Å². The van der Waals surface area contributed by atoms with Gasteiger partial charge < -0.3 is 9.47 Å². The van der Waals surface area contributed by atoms with Crippen LogP contribution in [0.25, 0.3) is 49.2 Å². The van der Waals surface area contributed by atoms with E-state index in [-0.39, 0.29) is 17.6 Å². The van der Waals surface area contributed by atoms with Crippen LogP contribution in [-0.2, 0) is 0 Å². The molecule has 7 aromatic rings. The van der Waals surface area contributed by atoms with Gasteiger partial charge in [-0.05, 0) is 47.9 Å². The van der Waals surface area contributed by atoms with Crippen molar-refractivity contribution < 1.29 is 0 Å². The van der Waals surface area contributed by atoms with Crippen molar-refractivity contribution in [3.05, 3.63) is 150 Å². The lowest BCUT2D eigenvalue weighted by atomic mass is 9.92. The molecule has 1 aliphatic heterocycles. The molecule has 194 valence electrons. The number of rotatable bonds is 2. The molecule has 0 saturated carbocycles. The zero-order valence-corrected chi connectivity index (χ0v) is 22.2. The molecule has 0 saturated heterocycles. The summed E-state index contributed by atoms with van der Waals surface area (Å²) in [5.74, 6) is 0. The van der Waals surface area contributed by atoms with Crippen molar-refractivity contribution in [3.63, 3.8) is 0 Å². The Labute approximate surface area is 236 Å². The second-order valence-corrected chi connectivity index (χ2v) is 10.9. The van der Waals surface area contributed by atoms with E-state index in [2.05, 4.69) is 131 Å². The van der Waals surface area contributed by atoms with E-state index in [1.807, 2.05) is 22.8 Å². The summed E-state index contributed by atoms with van der Waals surface area (Å²) in [6.07, 6.45) is 8.55. The SMILES string of the molecule is O=c1c2ccccc2c2cc(-n3c4ccccc4c4ccccc43)cc3c2n1C1C=CC=CC1N3c1ccccc1. The van der Waals surface area contributed by atoms with Gasteiger partial charge in [0.25, 0.3) is 5.56 Å². The number of fused-ring (bicyclic) bond motifs is 7. The van der Waals surface area contributed by atoms with E-state index >= 15 is 0 Å². The monoisotopic (exact) mass is 527 g/mol. The van der Waals surface area contributed by atoms with E-state index in [0.29, 0.717) is 0 Å². The van der Waals surface area contributed by atoms with E-state index in [0.717, 1.165) is 38.7 Å². The number of pyridine rings is 1. The first-order valence-electron chi connectivity index (χ1n) is 14.1. The van der Waals surface area contributed by atoms with Gasteiger partial charge in [0.05, 0.1) is 34.3 Å². The second-order valence-electron chi connectivity index (χ2n) is 10.9. The first kappa shape index (κ1) is 22.5. The Kier molecular flexibility index (Phi) is 4.56. The van der Waals surface area contributed by atoms with Crippen LogP contribution in [0.3, 0.4) is 0 Å². The van der Waals surface area contributed by atoms with Crippen LogP contribution in [0.1, 0.15) is 6.04 Å². The van der Waals surface area contributed by atoms with Gasteiger partial charge in [-0.2, -0.15) is 0 Å². The Balaban J connectivity index is 1.50. The minimum absolute atomic E-state index is 0.0367. The molecule has 4 nitrogen and oxygen atoms in total. The average molecular weight is 528 g/mol. The van der Waals surface area contributed by atoms with Gasteiger partial charge in [-0.1, -0.05) is 97.1 Å². The molecule has 1 aliphatic carbocycles. The van der Waals surface area contributed by atoms with Crippen LogP contribution in [0, 0.1) is 0 Å². The fourth-order valence-corrected chi connectivity index (χ4v) is 7.12. The van der Waals surface area contributed by atoms with Gasteiger partial charge in [0.1, 0.15) is 0 Å². The highest BCUT2D eigenvalue weighted by Crippen LogP contribution is 2.46. The molecule has 2 unspecified atom stereocenters. The summed E-state index contributed by atoms with van der Waals surface area (Å²) in [6.45, 7) is 0. The number of anilines is 2. The minimum atomic E-state index is -0.119. The van der Waals surface area contributed by atoms with Crippen LogP contribution in [0.4, 0.5) is 11.4 Å². The number of para-hydroxylation sites is 3. The van der Waals surface area contributed by atoms with Crippen molar-refractivity contribution in [1.29, 1.82) is 0 Å². The van der Waals surface area contributed by atoms with Gasteiger partial charge in [0.15, 0.2) is 0 Å². The third kappa shape index (κ3) is 3.02. The molecule has 2 aromatic heterocycles. The standard InChI is InChI=1S/C37H25N3O/c41-37-29-17-5-4-14-26(29)30-22-25(39-31-18-8-6-15-27(31)28-16-7-9-19-32(28)39)23-35-36(30)40(37)34-21-11-10-20-33(34)38(35)24-12-2-1-3-13-24/h1-23,33-34H. The van der Waals surface area contributed by atoms with Crippen LogP contribution < -0.4 is 10.5 Å². The second kappa shape index (κ2) is 8.33. The number of benzene rings is 5. The molecule has 0 fully saturated rings. The highest BCUT2D eigenvalue weighted by atomic mass is 16.1. The predicted octanol–water partition coefficient (Wildman–Crippen LogP) is 8.44. The zero-order chi connectivity index (χ0) is 27.1. The molecule has 9 rings (SSSR count). The highest BCUT2D eigenvalue weighted by molar-refractivity contribution is 6.13. The molecule has 4 heteroatoms. The third-order valence-corrected chi connectivity index (χ3v) is 8.79. The first-order valence-corrected chi connectivity index (χ1v) is 14.1. The van der Waals surface area contributed by atoms with Crippen molar-refractivity contribution in [2.45, 2.75) is 12.1 Å². The van der Waals surface area contributed by atoms with Crippen LogP contribution in [-0.4, -0.2) is 15.2 Å². The summed E-state index contributed by atoms with van der Waals surface area (Å²) in [6, 6.07) is 40.2. The summed E-state index contributed by atoms with van der Waals surface area (Å²) in [5.41, 5.74) is 6.58. The fourth-order valence-electron chi connectivity index (χ4n) is 7.12. The van der Waals surface area contributed by atoms with E-state index in [1.165, 1.54) is 21.8 Å². The molecule has 0 spiro atoms. The smallest absolute Gasteiger partial charge is 0.259 e. The molecule has 3 heterocycles. The Hall–Kier alpha value is -5.35. The van der Waals surface area contributed by atoms with Crippen LogP contribution in [0.5, 0.6) is 0 Å². The van der Waals surface area contributed by atoms with Crippen molar-refractivity contribution in [2.75, 3.05) is 4.90 Å². The number of hydrogen-bond donors (Lipinski definition) is 0. The van der Waals surface area contributed by atoms with Crippen LogP contribution in [0.2, 0.25) is 0 Å². The molecule has 0 N–H and O–H groups in total. The lowest BCUT2D eigenvalue weighted by Crippen LogP contribution is -2.45. The molecule has 41 heavy (non-hydrogen) atoms. The molecule has 2 atom stereocenters. The summed E-state index contributed by atoms with van der Waals surface area (Å²) in [4.78, 5) is 16.6. The maximum atomic E-state index is 14.2. The normalized spacial score (nSPS) is 17.6. The number of hydrogen-bond acceptors (Lipinski definition) is 2. The highest BCUT2D eigenvalue weighted by Gasteiger charge is 2.37. The Morgan fingerprint density at radius 2 is 1.10 bits per heavy atom. The largest absolute Gasteiger partial charge is 0.330 e. The lowest BCUT2D eigenvalue weighted by Gasteiger charge is -2.43. The molecule has 0 radical (unpaired) electrons. The molecule has 2 aliphatic rings. The maximum absolute atomic E-state index is 14.2. The summed E-state index contributed by atoms with van der Waals surface area (Å²) >= 11 is 0. The first-order chi connectivity index (χ1) is 20.3. The number of nitrogens with zero attached hydrogens (tertiary/aromatic N) is 3. The van der Waals surface area contributed by atoms with Gasteiger partial charge in [-0.15, -0.1) is 0 Å². The fraction of sp³-hybridized carbons (Fsp3) is 0.0541. The Morgan fingerprint density at radius 3 is 1.80 bits per heavy atom. The predicted molar refractivity (Wildman–Crippen MR) is 170 cm³/mol. The quantitative estimate of drug-likeness (QED) is 0.211. The summed E-state index contributed by atoms with van der Waals surface area (Å²) < 4.78 is 4.41. The van der Waals surface area contributed by atoms with Gasteiger partial charge in [0, 0.05) is 32.9 Å². The summed E-state index contributed by atoms with van der Waals surface area (Å²) in [5, 5.41) is 5.27. The number of aromatic nitrogens is 2. The zero-order valence-electron chi connectivity index (χ0n) is 22.2. The van der Waals surface area contributed by atoms with E-state index in [9.17, 15) is 4.79 Å². The van der Waals surface area contributed by atoms with Crippen LogP contribution >= 0.6 is 0 Å². The molecule has 0 amide bonds.